The molecular formula is C24H22N4O3. The first-order chi connectivity index (χ1) is 14.9. The Morgan fingerprint density at radius 3 is 2.45 bits per heavy atom. The van der Waals surface area contributed by atoms with Crippen LogP contribution in [0.3, 0.4) is 0 Å². The summed E-state index contributed by atoms with van der Waals surface area (Å²) in [6.45, 7) is 3.27. The molecule has 7 nitrogen and oxygen atoms in total. The normalized spacial score (nSPS) is 10.8. The van der Waals surface area contributed by atoms with Crippen LogP contribution in [0.4, 0.5) is 5.69 Å². The van der Waals surface area contributed by atoms with Gasteiger partial charge < -0.3 is 10.1 Å². The van der Waals surface area contributed by atoms with E-state index in [0.29, 0.717) is 33.5 Å². The van der Waals surface area contributed by atoms with E-state index in [2.05, 4.69) is 15.4 Å². The topological polar surface area (TPSA) is 86.1 Å². The van der Waals surface area contributed by atoms with E-state index in [1.165, 1.54) is 0 Å². The molecule has 0 aliphatic carbocycles. The van der Waals surface area contributed by atoms with Crippen LogP contribution in [0.1, 0.15) is 21.7 Å². The van der Waals surface area contributed by atoms with Gasteiger partial charge in [0.05, 0.1) is 33.8 Å². The summed E-state index contributed by atoms with van der Waals surface area (Å²) in [6, 6.07) is 18.7. The van der Waals surface area contributed by atoms with Gasteiger partial charge in [-0.3, -0.25) is 9.48 Å². The Balaban J connectivity index is 1.56. The number of hydrogen-bond donors (Lipinski definition) is 1. The van der Waals surface area contributed by atoms with Gasteiger partial charge in [-0.25, -0.2) is 9.78 Å². The maximum absolute atomic E-state index is 12.9. The molecule has 0 unspecified atom stereocenters. The summed E-state index contributed by atoms with van der Waals surface area (Å²) >= 11 is 0. The smallest absolute Gasteiger partial charge is 0.339 e. The maximum Gasteiger partial charge on any atom is 0.339 e. The molecule has 0 saturated carbocycles. The van der Waals surface area contributed by atoms with Gasteiger partial charge in [0.1, 0.15) is 0 Å². The van der Waals surface area contributed by atoms with Crippen molar-refractivity contribution in [3.05, 3.63) is 77.6 Å². The number of aromatic nitrogens is 3. The molecule has 7 heteroatoms. The van der Waals surface area contributed by atoms with E-state index in [0.717, 1.165) is 11.3 Å². The SMILES string of the molecule is Cc1nn(C)c(C)c1NC(=O)COC(=O)c1cc(-c2ccccc2)nc2ccccc12. The van der Waals surface area contributed by atoms with Gasteiger partial charge in [-0.05, 0) is 26.0 Å². The average molecular weight is 414 g/mol. The van der Waals surface area contributed by atoms with E-state index in [1.54, 1.807) is 17.8 Å². The summed E-state index contributed by atoms with van der Waals surface area (Å²) < 4.78 is 7.03. The van der Waals surface area contributed by atoms with Crippen molar-refractivity contribution < 1.29 is 14.3 Å². The third kappa shape index (κ3) is 4.16. The van der Waals surface area contributed by atoms with Gasteiger partial charge in [0.2, 0.25) is 0 Å². The fourth-order valence-electron chi connectivity index (χ4n) is 3.44. The van der Waals surface area contributed by atoms with Gasteiger partial charge in [-0.15, -0.1) is 0 Å². The van der Waals surface area contributed by atoms with Crippen LogP contribution in [0.2, 0.25) is 0 Å². The highest BCUT2D eigenvalue weighted by Gasteiger charge is 2.18. The van der Waals surface area contributed by atoms with Crippen LogP contribution >= 0.6 is 0 Å². The number of rotatable bonds is 5. The second kappa shape index (κ2) is 8.39. The summed E-state index contributed by atoms with van der Waals surface area (Å²) in [5.74, 6) is -1.00. The molecular weight excluding hydrogens is 392 g/mol. The molecule has 0 aliphatic heterocycles. The van der Waals surface area contributed by atoms with Crippen molar-refractivity contribution in [1.82, 2.24) is 14.8 Å². The molecule has 4 aromatic rings. The fourth-order valence-corrected chi connectivity index (χ4v) is 3.44. The number of benzene rings is 2. The van der Waals surface area contributed by atoms with Crippen LogP contribution in [-0.4, -0.2) is 33.2 Å². The number of aryl methyl sites for hydroxylation is 2. The first kappa shape index (κ1) is 20.3. The van der Waals surface area contributed by atoms with Gasteiger partial charge in [-0.2, -0.15) is 5.10 Å². The molecule has 0 spiro atoms. The summed E-state index contributed by atoms with van der Waals surface area (Å²) in [5, 5.41) is 7.71. The number of esters is 1. The lowest BCUT2D eigenvalue weighted by Crippen LogP contribution is -2.21. The molecule has 4 rings (SSSR count). The largest absolute Gasteiger partial charge is 0.452 e. The molecule has 0 atom stereocenters. The standard InChI is InChI=1S/C24H22N4O3/c1-15-23(16(2)28(3)27-15)26-22(29)14-31-24(30)19-13-21(17-9-5-4-6-10-17)25-20-12-8-7-11-18(19)20/h4-13H,14H2,1-3H3,(H,26,29). The third-order valence-electron chi connectivity index (χ3n) is 5.11. The highest BCUT2D eigenvalue weighted by Crippen LogP contribution is 2.25. The number of pyridine rings is 1. The minimum atomic E-state index is -0.578. The van der Waals surface area contributed by atoms with Crippen LogP contribution in [0.15, 0.2) is 60.7 Å². The lowest BCUT2D eigenvalue weighted by Gasteiger charge is -2.10. The highest BCUT2D eigenvalue weighted by atomic mass is 16.5. The van der Waals surface area contributed by atoms with Crippen molar-refractivity contribution in [1.29, 1.82) is 0 Å². The molecule has 1 amide bonds. The number of para-hydroxylation sites is 1. The highest BCUT2D eigenvalue weighted by molar-refractivity contribution is 6.05. The molecule has 2 aromatic carbocycles. The van der Waals surface area contributed by atoms with Crippen molar-refractivity contribution in [3.63, 3.8) is 0 Å². The van der Waals surface area contributed by atoms with Gasteiger partial charge >= 0.3 is 5.97 Å². The summed E-state index contributed by atoms with van der Waals surface area (Å²) in [7, 11) is 1.80. The van der Waals surface area contributed by atoms with Crippen molar-refractivity contribution in [2.75, 3.05) is 11.9 Å². The molecule has 0 fully saturated rings. The molecule has 0 aliphatic rings. The van der Waals surface area contributed by atoms with Crippen molar-refractivity contribution in [3.8, 4) is 11.3 Å². The second-order valence-corrected chi connectivity index (χ2v) is 7.23. The van der Waals surface area contributed by atoms with E-state index in [9.17, 15) is 9.59 Å². The second-order valence-electron chi connectivity index (χ2n) is 7.23. The van der Waals surface area contributed by atoms with Crippen molar-refractivity contribution in [2.45, 2.75) is 13.8 Å². The Bertz CT molecular complexity index is 1280. The lowest BCUT2D eigenvalue weighted by atomic mass is 10.0. The number of carbonyl (C=O) groups excluding carboxylic acids is 2. The molecule has 2 aromatic heterocycles. The number of nitrogens with zero attached hydrogens (tertiary/aromatic N) is 3. The Labute approximate surface area is 179 Å². The number of nitrogens with one attached hydrogen (secondary N) is 1. The van der Waals surface area contributed by atoms with Gasteiger partial charge in [0.15, 0.2) is 6.61 Å². The number of anilines is 1. The molecule has 0 radical (unpaired) electrons. The summed E-state index contributed by atoms with van der Waals surface area (Å²) in [6.07, 6.45) is 0. The van der Waals surface area contributed by atoms with Crippen molar-refractivity contribution in [2.24, 2.45) is 7.05 Å². The number of amides is 1. The van der Waals surface area contributed by atoms with Gasteiger partial charge in [0.25, 0.3) is 5.91 Å². The van der Waals surface area contributed by atoms with E-state index in [4.69, 9.17) is 4.74 Å². The predicted molar refractivity (Wildman–Crippen MR) is 119 cm³/mol. The van der Waals surface area contributed by atoms with Gasteiger partial charge in [-0.1, -0.05) is 48.5 Å². The summed E-state index contributed by atoms with van der Waals surface area (Å²) in [4.78, 5) is 29.9. The lowest BCUT2D eigenvalue weighted by molar-refractivity contribution is -0.119. The predicted octanol–water partition coefficient (Wildman–Crippen LogP) is 4.05. The zero-order chi connectivity index (χ0) is 22.0. The third-order valence-corrected chi connectivity index (χ3v) is 5.11. The Morgan fingerprint density at radius 1 is 1.03 bits per heavy atom. The molecule has 156 valence electrons. The molecule has 31 heavy (non-hydrogen) atoms. The monoisotopic (exact) mass is 414 g/mol. The molecule has 1 N–H and O–H groups in total. The first-order valence-electron chi connectivity index (χ1n) is 9.86. The fraction of sp³-hybridized carbons (Fsp3) is 0.167. The van der Waals surface area contributed by atoms with E-state index >= 15 is 0 Å². The Morgan fingerprint density at radius 2 is 1.74 bits per heavy atom. The molecule has 0 bridgehead atoms. The maximum atomic E-state index is 12.9. The number of carbonyl (C=O) groups is 2. The zero-order valence-corrected chi connectivity index (χ0v) is 17.5. The zero-order valence-electron chi connectivity index (χ0n) is 17.5. The van der Waals surface area contributed by atoms with Gasteiger partial charge in [0, 0.05) is 18.0 Å². The average Bonchev–Trinajstić information content (AvgIpc) is 3.03. The van der Waals surface area contributed by atoms with Crippen LogP contribution in [-0.2, 0) is 16.6 Å². The number of hydrogen-bond acceptors (Lipinski definition) is 5. The minimum absolute atomic E-state index is 0.367. The summed E-state index contributed by atoms with van der Waals surface area (Å²) in [5.41, 5.74) is 4.76. The van der Waals surface area contributed by atoms with Crippen LogP contribution in [0, 0.1) is 13.8 Å². The van der Waals surface area contributed by atoms with E-state index < -0.39 is 18.5 Å². The van der Waals surface area contributed by atoms with E-state index in [1.807, 2.05) is 68.4 Å². The van der Waals surface area contributed by atoms with Crippen LogP contribution in [0.5, 0.6) is 0 Å². The molecule has 2 heterocycles. The van der Waals surface area contributed by atoms with Crippen LogP contribution in [0.25, 0.3) is 22.2 Å². The first-order valence-corrected chi connectivity index (χ1v) is 9.86. The number of ether oxygens (including phenoxy) is 1. The van der Waals surface area contributed by atoms with Crippen LogP contribution < -0.4 is 5.32 Å². The Hall–Kier alpha value is -4.00. The van der Waals surface area contributed by atoms with Crippen molar-refractivity contribution >= 4 is 28.5 Å². The quantitative estimate of drug-likeness (QED) is 0.498. The Kier molecular flexibility index (Phi) is 5.49. The van der Waals surface area contributed by atoms with E-state index in [-0.39, 0.29) is 0 Å². The number of fused-ring (bicyclic) bond motifs is 1. The molecule has 0 saturated heterocycles. The minimum Gasteiger partial charge on any atom is -0.452 e.